The Morgan fingerprint density at radius 3 is 2.89 bits per heavy atom. The minimum absolute atomic E-state index is 0.0469. The first-order chi connectivity index (χ1) is 9.04. The molecule has 5 N–H and O–H groups in total. The van der Waals surface area contributed by atoms with Gasteiger partial charge in [-0.3, -0.25) is 4.79 Å². The maximum Gasteiger partial charge on any atom is 0.404 e. The predicted molar refractivity (Wildman–Crippen MR) is 72.9 cm³/mol. The molecule has 0 unspecified atom stereocenters. The zero-order valence-electron chi connectivity index (χ0n) is 10.5. The van der Waals surface area contributed by atoms with Crippen molar-refractivity contribution in [3.63, 3.8) is 0 Å². The summed E-state index contributed by atoms with van der Waals surface area (Å²) in [5, 5.41) is 2.62. The molecule has 0 aliphatic carbocycles. The van der Waals surface area contributed by atoms with E-state index in [1.165, 1.54) is 11.3 Å². The largest absolute Gasteiger partial charge is 0.448 e. The highest BCUT2D eigenvalue weighted by molar-refractivity contribution is 7.14. The molecule has 0 aliphatic heterocycles. The van der Waals surface area contributed by atoms with Gasteiger partial charge in [-0.1, -0.05) is 11.8 Å². The third kappa shape index (κ3) is 4.99. The van der Waals surface area contributed by atoms with Crippen LogP contribution in [0.2, 0.25) is 0 Å². The van der Waals surface area contributed by atoms with Crippen LogP contribution in [-0.2, 0) is 4.74 Å². The van der Waals surface area contributed by atoms with E-state index in [1.807, 2.05) is 6.92 Å². The van der Waals surface area contributed by atoms with Crippen LogP contribution in [0.5, 0.6) is 0 Å². The number of ether oxygens (including phenoxy) is 1. The standard InChI is InChI=1S/C12H15N3O3S/c1-8-7-10(19-9(8)3-2-4-13)11(16)15-5-6-18-12(14)17/h7H,4-6,13H2,1H3,(H2,14,17)(H,15,16). The summed E-state index contributed by atoms with van der Waals surface area (Å²) in [4.78, 5) is 23.5. The number of aryl methyl sites for hydroxylation is 1. The Bertz CT molecular complexity index is 528. The number of primary amides is 1. The van der Waals surface area contributed by atoms with Crippen molar-refractivity contribution in [2.24, 2.45) is 11.5 Å². The Labute approximate surface area is 115 Å². The average Bonchev–Trinajstić information content (AvgIpc) is 2.73. The van der Waals surface area contributed by atoms with Gasteiger partial charge in [-0.15, -0.1) is 11.3 Å². The molecule has 0 aromatic carbocycles. The topological polar surface area (TPSA) is 107 Å². The smallest absolute Gasteiger partial charge is 0.404 e. The molecule has 0 saturated carbocycles. The number of hydrogen-bond acceptors (Lipinski definition) is 5. The predicted octanol–water partition coefficient (Wildman–Crippen LogP) is 0.192. The molecular formula is C12H15N3O3S. The van der Waals surface area contributed by atoms with Crippen molar-refractivity contribution in [2.75, 3.05) is 19.7 Å². The van der Waals surface area contributed by atoms with E-state index < -0.39 is 6.09 Å². The Hall–Kier alpha value is -2.04. The normalized spacial score (nSPS) is 9.37. The Morgan fingerprint density at radius 2 is 2.26 bits per heavy atom. The lowest BCUT2D eigenvalue weighted by atomic mass is 10.2. The highest BCUT2D eigenvalue weighted by Gasteiger charge is 2.11. The van der Waals surface area contributed by atoms with Crippen LogP contribution in [0.3, 0.4) is 0 Å². The second kappa shape index (κ2) is 7.41. The van der Waals surface area contributed by atoms with Gasteiger partial charge < -0.3 is 21.5 Å². The number of carbonyl (C=O) groups is 2. The molecular weight excluding hydrogens is 266 g/mol. The first-order valence-corrected chi connectivity index (χ1v) is 6.36. The molecule has 0 saturated heterocycles. The monoisotopic (exact) mass is 281 g/mol. The molecule has 0 atom stereocenters. The number of nitrogens with one attached hydrogen (secondary N) is 1. The summed E-state index contributed by atoms with van der Waals surface area (Å²) >= 11 is 1.30. The maximum atomic E-state index is 11.8. The van der Waals surface area contributed by atoms with Crippen molar-refractivity contribution in [1.82, 2.24) is 5.32 Å². The van der Waals surface area contributed by atoms with Crippen LogP contribution in [0.4, 0.5) is 4.79 Å². The van der Waals surface area contributed by atoms with E-state index in [2.05, 4.69) is 21.9 Å². The Morgan fingerprint density at radius 1 is 1.53 bits per heavy atom. The summed E-state index contributed by atoms with van der Waals surface area (Å²) < 4.78 is 4.50. The van der Waals surface area contributed by atoms with Crippen molar-refractivity contribution in [2.45, 2.75) is 6.92 Å². The number of amides is 2. The van der Waals surface area contributed by atoms with Gasteiger partial charge >= 0.3 is 6.09 Å². The molecule has 1 heterocycles. The summed E-state index contributed by atoms with van der Waals surface area (Å²) in [6.07, 6.45) is -0.861. The fourth-order valence-electron chi connectivity index (χ4n) is 1.25. The summed E-state index contributed by atoms with van der Waals surface area (Å²) in [6, 6.07) is 1.76. The number of carbonyl (C=O) groups excluding carboxylic acids is 2. The molecule has 1 aromatic rings. The second-order valence-corrected chi connectivity index (χ2v) is 4.60. The molecule has 0 aliphatic rings. The number of hydrogen-bond donors (Lipinski definition) is 3. The Kier molecular flexibility index (Phi) is 5.85. The zero-order valence-corrected chi connectivity index (χ0v) is 11.3. The van der Waals surface area contributed by atoms with E-state index in [-0.39, 0.29) is 25.6 Å². The van der Waals surface area contributed by atoms with E-state index in [4.69, 9.17) is 11.5 Å². The molecule has 7 heteroatoms. The highest BCUT2D eigenvalue weighted by Crippen LogP contribution is 2.20. The molecule has 2 amide bonds. The lowest BCUT2D eigenvalue weighted by molar-refractivity contribution is 0.0941. The van der Waals surface area contributed by atoms with E-state index in [1.54, 1.807) is 6.07 Å². The first-order valence-electron chi connectivity index (χ1n) is 5.54. The van der Waals surface area contributed by atoms with Crippen molar-refractivity contribution < 1.29 is 14.3 Å². The minimum atomic E-state index is -0.861. The summed E-state index contributed by atoms with van der Waals surface area (Å²) in [5.41, 5.74) is 11.0. The third-order valence-electron chi connectivity index (χ3n) is 2.08. The van der Waals surface area contributed by atoms with E-state index in [0.717, 1.165) is 10.4 Å². The van der Waals surface area contributed by atoms with Gasteiger partial charge in [-0.25, -0.2) is 4.79 Å². The van der Waals surface area contributed by atoms with Gasteiger partial charge in [0, 0.05) is 0 Å². The van der Waals surface area contributed by atoms with Gasteiger partial charge in [0.1, 0.15) is 6.61 Å². The maximum absolute atomic E-state index is 11.8. The number of thiophene rings is 1. The van der Waals surface area contributed by atoms with Crippen LogP contribution in [0.25, 0.3) is 0 Å². The lowest BCUT2D eigenvalue weighted by Crippen LogP contribution is -2.28. The third-order valence-corrected chi connectivity index (χ3v) is 3.23. The Balaban J connectivity index is 2.55. The SMILES string of the molecule is Cc1cc(C(=O)NCCOC(N)=O)sc1C#CCN. The highest BCUT2D eigenvalue weighted by atomic mass is 32.1. The van der Waals surface area contributed by atoms with Crippen LogP contribution in [0, 0.1) is 18.8 Å². The van der Waals surface area contributed by atoms with E-state index in [9.17, 15) is 9.59 Å². The molecule has 0 radical (unpaired) electrons. The molecule has 102 valence electrons. The van der Waals surface area contributed by atoms with Gasteiger partial charge in [0.25, 0.3) is 5.91 Å². The van der Waals surface area contributed by atoms with Crippen LogP contribution < -0.4 is 16.8 Å². The van der Waals surface area contributed by atoms with Gasteiger partial charge in [-0.2, -0.15) is 0 Å². The molecule has 1 aromatic heterocycles. The molecule has 0 fully saturated rings. The fourth-order valence-corrected chi connectivity index (χ4v) is 2.22. The van der Waals surface area contributed by atoms with E-state index in [0.29, 0.717) is 4.88 Å². The van der Waals surface area contributed by atoms with Crippen molar-refractivity contribution in [3.05, 3.63) is 21.4 Å². The fraction of sp³-hybridized carbons (Fsp3) is 0.333. The van der Waals surface area contributed by atoms with Gasteiger partial charge in [-0.05, 0) is 18.6 Å². The molecule has 1 rings (SSSR count). The number of rotatable bonds is 4. The first kappa shape index (κ1) is 15.0. The van der Waals surface area contributed by atoms with Crippen molar-refractivity contribution in [1.29, 1.82) is 0 Å². The van der Waals surface area contributed by atoms with E-state index >= 15 is 0 Å². The summed E-state index contributed by atoms with van der Waals surface area (Å²) in [5.74, 6) is 5.42. The second-order valence-electron chi connectivity index (χ2n) is 3.55. The average molecular weight is 281 g/mol. The van der Waals surface area contributed by atoms with Crippen LogP contribution in [0.15, 0.2) is 6.07 Å². The number of nitrogens with two attached hydrogens (primary N) is 2. The molecule has 0 spiro atoms. The van der Waals surface area contributed by atoms with Crippen LogP contribution >= 0.6 is 11.3 Å². The zero-order chi connectivity index (χ0) is 14.3. The van der Waals surface area contributed by atoms with Crippen LogP contribution in [0.1, 0.15) is 20.1 Å². The minimum Gasteiger partial charge on any atom is -0.448 e. The summed E-state index contributed by atoms with van der Waals surface area (Å²) in [7, 11) is 0. The van der Waals surface area contributed by atoms with Gasteiger partial charge in [0.05, 0.1) is 22.8 Å². The van der Waals surface area contributed by atoms with Gasteiger partial charge in [0.2, 0.25) is 0 Å². The summed E-state index contributed by atoms with van der Waals surface area (Å²) in [6.45, 7) is 2.42. The quantitative estimate of drug-likeness (QED) is 0.541. The molecule has 6 nitrogen and oxygen atoms in total. The lowest BCUT2D eigenvalue weighted by Gasteiger charge is -2.03. The van der Waals surface area contributed by atoms with Gasteiger partial charge in [0.15, 0.2) is 0 Å². The molecule has 19 heavy (non-hydrogen) atoms. The van der Waals surface area contributed by atoms with Crippen molar-refractivity contribution >= 4 is 23.3 Å². The van der Waals surface area contributed by atoms with Crippen molar-refractivity contribution in [3.8, 4) is 11.8 Å². The molecule has 0 bridgehead atoms. The van der Waals surface area contributed by atoms with Crippen LogP contribution in [-0.4, -0.2) is 31.7 Å².